The predicted octanol–water partition coefficient (Wildman–Crippen LogP) is 1.42. The Bertz CT molecular complexity index is 655. The van der Waals surface area contributed by atoms with E-state index in [-0.39, 0.29) is 23.4 Å². The summed E-state index contributed by atoms with van der Waals surface area (Å²) >= 11 is 0. The lowest BCUT2D eigenvalue weighted by molar-refractivity contribution is 0.0696. The minimum absolute atomic E-state index is 0.0777. The molecule has 0 saturated carbocycles. The number of nitrogens with one attached hydrogen (secondary N) is 1. The van der Waals surface area contributed by atoms with Gasteiger partial charge >= 0.3 is 5.97 Å². The monoisotopic (exact) mass is 272 g/mol. The van der Waals surface area contributed by atoms with Crippen LogP contribution in [0.3, 0.4) is 0 Å². The summed E-state index contributed by atoms with van der Waals surface area (Å²) in [5, 5.41) is 21.0. The van der Waals surface area contributed by atoms with Gasteiger partial charge in [0.1, 0.15) is 5.75 Å². The molecular formula is C14H12N2O4. The molecule has 20 heavy (non-hydrogen) atoms. The summed E-state index contributed by atoms with van der Waals surface area (Å²) in [5.41, 5.74) is 0.683. The molecule has 0 saturated heterocycles. The number of pyridine rings is 1. The first-order chi connectivity index (χ1) is 9.58. The fourth-order valence-corrected chi connectivity index (χ4v) is 1.64. The van der Waals surface area contributed by atoms with Crippen LogP contribution in [-0.2, 0) is 6.54 Å². The number of aromatic hydroxyl groups is 1. The van der Waals surface area contributed by atoms with E-state index in [0.29, 0.717) is 5.69 Å². The molecule has 2 rings (SSSR count). The summed E-state index contributed by atoms with van der Waals surface area (Å²) in [4.78, 5) is 26.6. The van der Waals surface area contributed by atoms with Gasteiger partial charge in [-0.2, -0.15) is 0 Å². The number of carboxylic acids is 1. The molecule has 0 atom stereocenters. The van der Waals surface area contributed by atoms with Crippen molar-refractivity contribution in [1.29, 1.82) is 0 Å². The maximum Gasteiger partial charge on any atom is 0.335 e. The number of amides is 1. The molecule has 0 aliphatic heterocycles. The SMILES string of the molecule is O=C(O)c1ccnc(CNC(=O)c2ccccc2O)c1. The summed E-state index contributed by atoms with van der Waals surface area (Å²) in [6, 6.07) is 8.91. The highest BCUT2D eigenvalue weighted by molar-refractivity contribution is 5.96. The summed E-state index contributed by atoms with van der Waals surface area (Å²) in [7, 11) is 0. The molecular weight excluding hydrogens is 260 g/mol. The van der Waals surface area contributed by atoms with Gasteiger partial charge in [-0.3, -0.25) is 9.78 Å². The Morgan fingerprint density at radius 1 is 1.20 bits per heavy atom. The second kappa shape index (κ2) is 5.83. The molecule has 1 aromatic carbocycles. The normalized spacial score (nSPS) is 10.0. The van der Waals surface area contributed by atoms with Crippen molar-refractivity contribution in [1.82, 2.24) is 10.3 Å². The number of para-hydroxylation sites is 1. The van der Waals surface area contributed by atoms with Crippen molar-refractivity contribution >= 4 is 11.9 Å². The van der Waals surface area contributed by atoms with Gasteiger partial charge in [0.2, 0.25) is 0 Å². The zero-order chi connectivity index (χ0) is 14.5. The van der Waals surface area contributed by atoms with Crippen LogP contribution in [0.1, 0.15) is 26.4 Å². The molecule has 0 aliphatic rings. The van der Waals surface area contributed by atoms with Gasteiger partial charge in [-0.1, -0.05) is 12.1 Å². The Labute approximate surface area is 114 Å². The first-order valence-electron chi connectivity index (χ1n) is 5.82. The highest BCUT2D eigenvalue weighted by atomic mass is 16.4. The van der Waals surface area contributed by atoms with E-state index in [4.69, 9.17) is 5.11 Å². The Kier molecular flexibility index (Phi) is 3.95. The van der Waals surface area contributed by atoms with Crippen molar-refractivity contribution in [2.75, 3.05) is 0 Å². The number of aromatic carboxylic acids is 1. The molecule has 0 unspecified atom stereocenters. The number of aromatic nitrogens is 1. The van der Waals surface area contributed by atoms with Gasteiger partial charge in [0.05, 0.1) is 23.4 Å². The van der Waals surface area contributed by atoms with Crippen LogP contribution in [0.15, 0.2) is 42.6 Å². The molecule has 0 radical (unpaired) electrons. The first-order valence-corrected chi connectivity index (χ1v) is 5.82. The van der Waals surface area contributed by atoms with Crippen LogP contribution in [0.2, 0.25) is 0 Å². The Morgan fingerprint density at radius 3 is 2.65 bits per heavy atom. The number of phenolic OH excluding ortho intramolecular Hbond substituents is 1. The molecule has 0 fully saturated rings. The largest absolute Gasteiger partial charge is 0.507 e. The van der Waals surface area contributed by atoms with Gasteiger partial charge < -0.3 is 15.5 Å². The average molecular weight is 272 g/mol. The van der Waals surface area contributed by atoms with Gasteiger partial charge in [-0.25, -0.2) is 4.79 Å². The number of hydrogen-bond donors (Lipinski definition) is 3. The summed E-state index contributed by atoms with van der Waals surface area (Å²) in [6.45, 7) is 0.0777. The second-order valence-electron chi connectivity index (χ2n) is 4.04. The van der Waals surface area contributed by atoms with E-state index in [1.807, 2.05) is 0 Å². The summed E-state index contributed by atoms with van der Waals surface area (Å²) < 4.78 is 0. The van der Waals surface area contributed by atoms with Gasteiger partial charge in [-0.05, 0) is 24.3 Å². The van der Waals surface area contributed by atoms with E-state index in [9.17, 15) is 14.7 Å². The smallest absolute Gasteiger partial charge is 0.335 e. The fourth-order valence-electron chi connectivity index (χ4n) is 1.64. The lowest BCUT2D eigenvalue weighted by atomic mass is 10.2. The third kappa shape index (κ3) is 3.11. The van der Waals surface area contributed by atoms with E-state index in [1.54, 1.807) is 12.1 Å². The Balaban J connectivity index is 2.06. The van der Waals surface area contributed by atoms with Gasteiger partial charge in [0, 0.05) is 6.20 Å². The number of carboxylic acid groups (broad SMARTS) is 1. The molecule has 1 amide bonds. The highest BCUT2D eigenvalue weighted by Crippen LogP contribution is 2.15. The van der Waals surface area contributed by atoms with Gasteiger partial charge in [0.15, 0.2) is 0 Å². The number of benzene rings is 1. The van der Waals surface area contributed by atoms with Crippen molar-refractivity contribution in [2.24, 2.45) is 0 Å². The maximum atomic E-state index is 11.8. The van der Waals surface area contributed by atoms with Gasteiger partial charge in [-0.15, -0.1) is 0 Å². The first kappa shape index (κ1) is 13.5. The van der Waals surface area contributed by atoms with E-state index < -0.39 is 11.9 Å². The zero-order valence-corrected chi connectivity index (χ0v) is 10.4. The topological polar surface area (TPSA) is 99.5 Å². The quantitative estimate of drug-likeness (QED) is 0.781. The number of rotatable bonds is 4. The summed E-state index contributed by atoms with van der Waals surface area (Å²) in [6.07, 6.45) is 1.37. The summed E-state index contributed by atoms with van der Waals surface area (Å²) in [5.74, 6) is -1.62. The molecule has 0 spiro atoms. The third-order valence-electron chi connectivity index (χ3n) is 2.64. The highest BCUT2D eigenvalue weighted by Gasteiger charge is 2.10. The molecule has 3 N–H and O–H groups in total. The van der Waals surface area contributed by atoms with Crippen molar-refractivity contribution in [3.05, 3.63) is 59.4 Å². The maximum absolute atomic E-state index is 11.8. The molecule has 6 heteroatoms. The number of nitrogens with zero attached hydrogens (tertiary/aromatic N) is 1. The minimum Gasteiger partial charge on any atom is -0.507 e. The second-order valence-corrected chi connectivity index (χ2v) is 4.04. The molecule has 0 bridgehead atoms. The molecule has 0 aliphatic carbocycles. The van der Waals surface area contributed by atoms with Crippen LogP contribution in [0.25, 0.3) is 0 Å². The van der Waals surface area contributed by atoms with E-state index in [1.165, 1.54) is 30.5 Å². The molecule has 6 nitrogen and oxygen atoms in total. The number of phenols is 1. The predicted molar refractivity (Wildman–Crippen MR) is 70.5 cm³/mol. The van der Waals surface area contributed by atoms with Crippen molar-refractivity contribution in [3.63, 3.8) is 0 Å². The van der Waals surface area contributed by atoms with Crippen LogP contribution in [0.4, 0.5) is 0 Å². The number of carbonyl (C=O) groups is 2. The van der Waals surface area contributed by atoms with E-state index >= 15 is 0 Å². The zero-order valence-electron chi connectivity index (χ0n) is 10.4. The number of hydrogen-bond acceptors (Lipinski definition) is 4. The van der Waals surface area contributed by atoms with E-state index in [0.717, 1.165) is 0 Å². The van der Waals surface area contributed by atoms with Gasteiger partial charge in [0.25, 0.3) is 5.91 Å². The number of carbonyl (C=O) groups excluding carboxylic acids is 1. The minimum atomic E-state index is -1.05. The van der Waals surface area contributed by atoms with Crippen LogP contribution in [0, 0.1) is 0 Å². The van der Waals surface area contributed by atoms with Crippen LogP contribution >= 0.6 is 0 Å². The van der Waals surface area contributed by atoms with Crippen molar-refractivity contribution in [3.8, 4) is 5.75 Å². The molecule has 1 aromatic heterocycles. The molecule has 102 valence electrons. The standard InChI is InChI=1S/C14H12N2O4/c17-12-4-2-1-3-11(12)13(18)16-8-10-7-9(14(19)20)5-6-15-10/h1-7,17H,8H2,(H,16,18)(H,19,20). The Hall–Kier alpha value is -2.89. The third-order valence-corrected chi connectivity index (χ3v) is 2.64. The molecule has 2 aromatic rings. The lowest BCUT2D eigenvalue weighted by Crippen LogP contribution is -2.23. The van der Waals surface area contributed by atoms with Crippen LogP contribution in [-0.4, -0.2) is 27.1 Å². The van der Waals surface area contributed by atoms with Crippen LogP contribution in [0.5, 0.6) is 5.75 Å². The van der Waals surface area contributed by atoms with Crippen molar-refractivity contribution < 1.29 is 19.8 Å². The average Bonchev–Trinajstić information content (AvgIpc) is 2.45. The molecule has 1 heterocycles. The van der Waals surface area contributed by atoms with E-state index in [2.05, 4.69) is 10.3 Å². The van der Waals surface area contributed by atoms with Crippen LogP contribution < -0.4 is 5.32 Å². The Morgan fingerprint density at radius 2 is 1.95 bits per heavy atom. The van der Waals surface area contributed by atoms with Crippen molar-refractivity contribution in [2.45, 2.75) is 6.54 Å². The fraction of sp³-hybridized carbons (Fsp3) is 0.0714. The lowest BCUT2D eigenvalue weighted by Gasteiger charge is -2.06.